The molecule has 0 spiro atoms. The fourth-order valence-electron chi connectivity index (χ4n) is 4.01. The second-order valence-electron chi connectivity index (χ2n) is 8.20. The van der Waals surface area contributed by atoms with Crippen LogP contribution in [0.2, 0.25) is 0 Å². The molecule has 1 aliphatic rings. The third-order valence-electron chi connectivity index (χ3n) is 5.83. The van der Waals surface area contributed by atoms with E-state index in [1.807, 2.05) is 55.5 Å². The van der Waals surface area contributed by atoms with Gasteiger partial charge in [-0.2, -0.15) is 0 Å². The standard InChI is InChI=1S/C27H30N2O2/c1-21(31-26-14-12-24(13-15-26)23-10-6-3-7-11-23)27(30)28-25-16-18-29(19-17-25)20-22-8-4-2-5-9-22/h2-15,21,25H,16-20H2,1H3,(H,28,30). The first-order chi connectivity index (χ1) is 15.2. The number of likely N-dealkylation sites (tertiary alicyclic amines) is 1. The van der Waals surface area contributed by atoms with Gasteiger partial charge >= 0.3 is 0 Å². The summed E-state index contributed by atoms with van der Waals surface area (Å²) in [7, 11) is 0. The van der Waals surface area contributed by atoms with Crippen LogP contribution in [0, 0.1) is 0 Å². The molecule has 0 aliphatic carbocycles. The first-order valence-corrected chi connectivity index (χ1v) is 11.1. The monoisotopic (exact) mass is 414 g/mol. The normalized spacial score (nSPS) is 15.9. The lowest BCUT2D eigenvalue weighted by Gasteiger charge is -2.32. The van der Waals surface area contributed by atoms with E-state index < -0.39 is 6.10 Å². The number of hydrogen-bond acceptors (Lipinski definition) is 3. The number of carbonyl (C=O) groups excluding carboxylic acids is 1. The van der Waals surface area contributed by atoms with Crippen LogP contribution in [0.25, 0.3) is 11.1 Å². The van der Waals surface area contributed by atoms with Crippen molar-refractivity contribution in [2.75, 3.05) is 13.1 Å². The summed E-state index contributed by atoms with van der Waals surface area (Å²) >= 11 is 0. The summed E-state index contributed by atoms with van der Waals surface area (Å²) in [6.45, 7) is 4.77. The van der Waals surface area contributed by atoms with Crippen molar-refractivity contribution in [2.45, 2.75) is 38.5 Å². The van der Waals surface area contributed by atoms with E-state index >= 15 is 0 Å². The molecule has 1 atom stereocenters. The summed E-state index contributed by atoms with van der Waals surface area (Å²) in [6, 6.07) is 28.9. The van der Waals surface area contributed by atoms with Crippen LogP contribution in [0.1, 0.15) is 25.3 Å². The largest absolute Gasteiger partial charge is 0.481 e. The Kier molecular flexibility index (Phi) is 7.00. The van der Waals surface area contributed by atoms with E-state index in [0.29, 0.717) is 5.75 Å². The molecule has 1 heterocycles. The second-order valence-corrected chi connectivity index (χ2v) is 8.20. The van der Waals surface area contributed by atoms with Gasteiger partial charge < -0.3 is 10.1 Å². The Morgan fingerprint density at radius 1 is 0.903 bits per heavy atom. The molecular weight excluding hydrogens is 384 g/mol. The number of carbonyl (C=O) groups is 1. The minimum absolute atomic E-state index is 0.0476. The van der Waals surface area contributed by atoms with E-state index in [2.05, 4.69) is 46.6 Å². The van der Waals surface area contributed by atoms with E-state index in [1.54, 1.807) is 0 Å². The Balaban J connectivity index is 1.23. The summed E-state index contributed by atoms with van der Waals surface area (Å²) in [6.07, 6.45) is 1.42. The summed E-state index contributed by atoms with van der Waals surface area (Å²) in [4.78, 5) is 15.1. The van der Waals surface area contributed by atoms with Crippen molar-refractivity contribution in [3.63, 3.8) is 0 Å². The van der Waals surface area contributed by atoms with Crippen molar-refractivity contribution in [1.82, 2.24) is 10.2 Å². The van der Waals surface area contributed by atoms with Crippen molar-refractivity contribution in [3.8, 4) is 16.9 Å². The topological polar surface area (TPSA) is 41.6 Å². The van der Waals surface area contributed by atoms with Crippen molar-refractivity contribution < 1.29 is 9.53 Å². The first-order valence-electron chi connectivity index (χ1n) is 11.1. The van der Waals surface area contributed by atoms with Gasteiger partial charge in [0, 0.05) is 25.7 Å². The molecule has 3 aromatic carbocycles. The lowest BCUT2D eigenvalue weighted by molar-refractivity contribution is -0.128. The minimum Gasteiger partial charge on any atom is -0.481 e. The molecule has 0 radical (unpaired) electrons. The van der Waals surface area contributed by atoms with Crippen LogP contribution < -0.4 is 10.1 Å². The molecule has 0 aromatic heterocycles. The molecule has 1 N–H and O–H groups in total. The molecule has 1 aliphatic heterocycles. The highest BCUT2D eigenvalue weighted by Gasteiger charge is 2.23. The number of piperidine rings is 1. The maximum Gasteiger partial charge on any atom is 0.260 e. The van der Waals surface area contributed by atoms with Crippen LogP contribution in [-0.2, 0) is 11.3 Å². The van der Waals surface area contributed by atoms with E-state index in [0.717, 1.165) is 38.0 Å². The van der Waals surface area contributed by atoms with Gasteiger partial charge in [0.1, 0.15) is 5.75 Å². The average molecular weight is 415 g/mol. The SMILES string of the molecule is CC(Oc1ccc(-c2ccccc2)cc1)C(=O)NC1CCN(Cc2ccccc2)CC1. The zero-order chi connectivity index (χ0) is 21.5. The average Bonchev–Trinajstić information content (AvgIpc) is 2.82. The first kappa shape index (κ1) is 21.1. The van der Waals surface area contributed by atoms with E-state index in [1.165, 1.54) is 11.1 Å². The molecule has 1 saturated heterocycles. The zero-order valence-electron chi connectivity index (χ0n) is 18.0. The zero-order valence-corrected chi connectivity index (χ0v) is 18.0. The molecule has 4 heteroatoms. The van der Waals surface area contributed by atoms with Crippen molar-refractivity contribution in [3.05, 3.63) is 90.5 Å². The maximum absolute atomic E-state index is 12.6. The predicted molar refractivity (Wildman–Crippen MR) is 125 cm³/mol. The van der Waals surface area contributed by atoms with Crippen LogP contribution in [-0.4, -0.2) is 36.0 Å². The van der Waals surface area contributed by atoms with Gasteiger partial charge in [-0.25, -0.2) is 0 Å². The van der Waals surface area contributed by atoms with Gasteiger partial charge in [-0.1, -0.05) is 72.8 Å². The van der Waals surface area contributed by atoms with Crippen LogP contribution in [0.4, 0.5) is 0 Å². The van der Waals surface area contributed by atoms with Gasteiger partial charge in [0.15, 0.2) is 6.10 Å². The quantitative estimate of drug-likeness (QED) is 0.598. The van der Waals surface area contributed by atoms with Gasteiger partial charge in [0.25, 0.3) is 5.91 Å². The fourth-order valence-corrected chi connectivity index (χ4v) is 4.01. The van der Waals surface area contributed by atoms with E-state index in [-0.39, 0.29) is 11.9 Å². The van der Waals surface area contributed by atoms with Gasteiger partial charge in [-0.3, -0.25) is 9.69 Å². The molecule has 1 amide bonds. The smallest absolute Gasteiger partial charge is 0.260 e. The molecule has 1 unspecified atom stereocenters. The molecule has 4 nitrogen and oxygen atoms in total. The molecule has 3 aromatic rings. The highest BCUT2D eigenvalue weighted by Crippen LogP contribution is 2.23. The van der Waals surface area contributed by atoms with E-state index in [9.17, 15) is 4.79 Å². The third-order valence-corrected chi connectivity index (χ3v) is 5.83. The molecule has 1 fully saturated rings. The molecule has 0 bridgehead atoms. The Labute approximate surface area is 184 Å². The number of benzene rings is 3. The fraction of sp³-hybridized carbons (Fsp3) is 0.296. The summed E-state index contributed by atoms with van der Waals surface area (Å²) in [5.41, 5.74) is 3.64. The lowest BCUT2D eigenvalue weighted by Crippen LogP contribution is -2.47. The number of hydrogen-bond donors (Lipinski definition) is 1. The summed E-state index contributed by atoms with van der Waals surface area (Å²) in [5, 5.41) is 3.17. The minimum atomic E-state index is -0.523. The van der Waals surface area contributed by atoms with Crippen LogP contribution in [0.15, 0.2) is 84.9 Å². The van der Waals surface area contributed by atoms with Crippen molar-refractivity contribution >= 4 is 5.91 Å². The Morgan fingerprint density at radius 3 is 2.13 bits per heavy atom. The van der Waals surface area contributed by atoms with Gasteiger partial charge in [0.2, 0.25) is 0 Å². The predicted octanol–water partition coefficient (Wildman–Crippen LogP) is 4.90. The molecule has 4 rings (SSSR count). The molecular formula is C27H30N2O2. The Hall–Kier alpha value is -3.11. The van der Waals surface area contributed by atoms with Crippen molar-refractivity contribution in [2.24, 2.45) is 0 Å². The van der Waals surface area contributed by atoms with Crippen LogP contribution in [0.3, 0.4) is 0 Å². The van der Waals surface area contributed by atoms with Gasteiger partial charge in [-0.15, -0.1) is 0 Å². The third kappa shape index (κ3) is 5.96. The Morgan fingerprint density at radius 2 is 1.48 bits per heavy atom. The van der Waals surface area contributed by atoms with Crippen LogP contribution in [0.5, 0.6) is 5.75 Å². The van der Waals surface area contributed by atoms with Crippen LogP contribution >= 0.6 is 0 Å². The van der Waals surface area contributed by atoms with Gasteiger partial charge in [-0.05, 0) is 48.6 Å². The number of ether oxygens (including phenoxy) is 1. The number of nitrogens with one attached hydrogen (secondary N) is 1. The molecule has 0 saturated carbocycles. The lowest BCUT2D eigenvalue weighted by atomic mass is 10.0. The van der Waals surface area contributed by atoms with Gasteiger partial charge in [0.05, 0.1) is 0 Å². The molecule has 31 heavy (non-hydrogen) atoms. The maximum atomic E-state index is 12.6. The highest BCUT2D eigenvalue weighted by atomic mass is 16.5. The number of nitrogens with zero attached hydrogens (tertiary/aromatic N) is 1. The summed E-state index contributed by atoms with van der Waals surface area (Å²) < 4.78 is 5.89. The van der Waals surface area contributed by atoms with E-state index in [4.69, 9.17) is 4.74 Å². The Bertz CT molecular complexity index is 950. The number of rotatable bonds is 7. The molecule has 160 valence electrons. The highest BCUT2D eigenvalue weighted by molar-refractivity contribution is 5.81. The summed E-state index contributed by atoms with van der Waals surface area (Å²) in [5.74, 6) is 0.661. The second kappa shape index (κ2) is 10.3. The van der Waals surface area contributed by atoms with Crippen molar-refractivity contribution in [1.29, 1.82) is 0 Å². The number of amides is 1.